The highest BCUT2D eigenvalue weighted by molar-refractivity contribution is 7.86. The fourth-order valence-corrected chi connectivity index (χ4v) is 4.45. The highest BCUT2D eigenvalue weighted by Gasteiger charge is 2.14. The molecule has 166 valence electrons. The number of unbranched alkanes of at least 4 members (excludes halogenated alkanes) is 10. The maximum atomic E-state index is 12.1. The molecule has 2 rings (SSSR count). The van der Waals surface area contributed by atoms with Gasteiger partial charge in [-0.1, -0.05) is 81.5 Å². The number of pyridine rings is 1. The number of aromatic nitrogens is 1. The van der Waals surface area contributed by atoms with E-state index in [1.165, 1.54) is 56.9 Å². The topological polar surface area (TPSA) is 56.3 Å². The van der Waals surface area contributed by atoms with Gasteiger partial charge in [0.05, 0.1) is 11.5 Å². The van der Waals surface area contributed by atoms with Gasteiger partial charge in [0.2, 0.25) is 0 Å². The van der Waals surface area contributed by atoms with E-state index in [0.29, 0.717) is 0 Å². The monoisotopic (exact) mass is 431 g/mol. The summed E-state index contributed by atoms with van der Waals surface area (Å²) < 4.78 is 29.3. The lowest BCUT2D eigenvalue weighted by Gasteiger charge is -2.06. The molecule has 0 amide bonds. The highest BCUT2D eigenvalue weighted by Crippen LogP contribution is 2.15. The molecule has 0 aliphatic rings. The first-order valence-electron chi connectivity index (χ1n) is 11.4. The summed E-state index contributed by atoms with van der Waals surface area (Å²) >= 11 is 0. The van der Waals surface area contributed by atoms with Crippen molar-refractivity contribution in [2.75, 3.05) is 6.61 Å². The fraction of sp³-hybridized carbons (Fsp3) is 0.560. The Morgan fingerprint density at radius 2 is 1.33 bits per heavy atom. The Balaban J connectivity index is 1.37. The average Bonchev–Trinajstić information content (AvgIpc) is 2.75. The minimum Gasteiger partial charge on any atom is -0.266 e. The molecule has 0 saturated heterocycles. The second kappa shape index (κ2) is 14.3. The predicted molar refractivity (Wildman–Crippen MR) is 123 cm³/mol. The van der Waals surface area contributed by atoms with E-state index in [9.17, 15) is 8.42 Å². The molecule has 5 heteroatoms. The van der Waals surface area contributed by atoms with E-state index in [1.54, 1.807) is 24.3 Å². The molecule has 0 spiro atoms. The van der Waals surface area contributed by atoms with E-state index in [2.05, 4.69) is 11.1 Å². The Hall–Kier alpha value is -1.72. The predicted octanol–water partition coefficient (Wildman–Crippen LogP) is 6.63. The van der Waals surface area contributed by atoms with Gasteiger partial charge in [0.25, 0.3) is 10.1 Å². The molecule has 0 unspecified atom stereocenters. The highest BCUT2D eigenvalue weighted by atomic mass is 32.2. The third kappa shape index (κ3) is 10.4. The molecule has 1 heterocycles. The van der Waals surface area contributed by atoms with Gasteiger partial charge in [-0.05, 0) is 49.9 Å². The van der Waals surface area contributed by atoms with Gasteiger partial charge in [-0.2, -0.15) is 8.42 Å². The van der Waals surface area contributed by atoms with E-state index in [0.717, 1.165) is 31.2 Å². The lowest BCUT2D eigenvalue weighted by molar-refractivity contribution is 0.306. The molecule has 4 nitrogen and oxygen atoms in total. The van der Waals surface area contributed by atoms with Crippen LogP contribution in [-0.2, 0) is 20.7 Å². The van der Waals surface area contributed by atoms with Crippen LogP contribution in [0.2, 0.25) is 0 Å². The standard InChI is InChI=1S/C25H37NO3S/c1-23-16-18-25(19-17-23)30(27,28)29-21-12-10-8-6-4-2-3-5-7-9-11-14-24-15-13-20-26-22-24/h13,15-20,22H,2-12,14,21H2,1H3. The van der Waals surface area contributed by atoms with Crippen LogP contribution in [0.1, 0.15) is 81.8 Å². The number of hydrogen-bond donors (Lipinski definition) is 0. The number of aryl methyl sites for hydroxylation is 2. The first kappa shape index (κ1) is 24.5. The second-order valence-electron chi connectivity index (χ2n) is 8.09. The lowest BCUT2D eigenvalue weighted by atomic mass is 10.0. The zero-order valence-corrected chi connectivity index (χ0v) is 19.2. The van der Waals surface area contributed by atoms with Crippen molar-refractivity contribution < 1.29 is 12.6 Å². The molecule has 1 aromatic carbocycles. The number of hydrogen-bond acceptors (Lipinski definition) is 4. The number of benzene rings is 1. The van der Waals surface area contributed by atoms with Crippen molar-refractivity contribution in [3.05, 3.63) is 59.9 Å². The maximum absolute atomic E-state index is 12.1. The normalized spacial score (nSPS) is 11.6. The summed E-state index contributed by atoms with van der Waals surface area (Å²) in [6.45, 7) is 2.21. The number of nitrogens with zero attached hydrogens (tertiary/aromatic N) is 1. The quantitative estimate of drug-likeness (QED) is 0.221. The summed E-state index contributed by atoms with van der Waals surface area (Å²) in [5.74, 6) is 0. The fourth-order valence-electron chi connectivity index (χ4n) is 3.51. The van der Waals surface area contributed by atoms with Crippen LogP contribution in [0.15, 0.2) is 53.7 Å². The van der Waals surface area contributed by atoms with E-state index < -0.39 is 10.1 Å². The summed E-state index contributed by atoms with van der Waals surface area (Å²) in [7, 11) is -3.61. The Morgan fingerprint density at radius 3 is 1.90 bits per heavy atom. The summed E-state index contributed by atoms with van der Waals surface area (Å²) in [6, 6.07) is 11.0. The largest absolute Gasteiger partial charge is 0.296 e. The second-order valence-corrected chi connectivity index (χ2v) is 9.70. The first-order chi connectivity index (χ1) is 14.6. The smallest absolute Gasteiger partial charge is 0.266 e. The molecule has 0 fully saturated rings. The van der Waals surface area contributed by atoms with E-state index in [-0.39, 0.29) is 11.5 Å². The van der Waals surface area contributed by atoms with Crippen molar-refractivity contribution in [3.8, 4) is 0 Å². The zero-order chi connectivity index (χ0) is 21.5. The van der Waals surface area contributed by atoms with E-state index in [4.69, 9.17) is 4.18 Å². The van der Waals surface area contributed by atoms with Crippen molar-refractivity contribution in [2.45, 2.75) is 88.9 Å². The van der Waals surface area contributed by atoms with Gasteiger partial charge in [0.15, 0.2) is 0 Å². The Morgan fingerprint density at radius 1 is 0.767 bits per heavy atom. The average molecular weight is 432 g/mol. The van der Waals surface area contributed by atoms with Crippen LogP contribution in [0.4, 0.5) is 0 Å². The molecule has 30 heavy (non-hydrogen) atoms. The minimum absolute atomic E-state index is 0.241. The molecule has 0 saturated carbocycles. The molecule has 0 aliphatic heterocycles. The Labute approximate surface area is 183 Å². The van der Waals surface area contributed by atoms with Crippen molar-refractivity contribution >= 4 is 10.1 Å². The summed E-state index contributed by atoms with van der Waals surface area (Å²) in [5, 5.41) is 0. The van der Waals surface area contributed by atoms with Gasteiger partial charge in [0, 0.05) is 12.4 Å². The van der Waals surface area contributed by atoms with Crippen LogP contribution >= 0.6 is 0 Å². The summed E-state index contributed by atoms with van der Waals surface area (Å²) in [6.07, 6.45) is 18.3. The lowest BCUT2D eigenvalue weighted by Crippen LogP contribution is -2.07. The van der Waals surface area contributed by atoms with Gasteiger partial charge < -0.3 is 0 Å². The van der Waals surface area contributed by atoms with Crippen molar-refractivity contribution in [3.63, 3.8) is 0 Å². The minimum atomic E-state index is -3.61. The van der Waals surface area contributed by atoms with Crippen LogP contribution in [0.5, 0.6) is 0 Å². The molecular formula is C25H37NO3S. The third-order valence-corrected chi connectivity index (χ3v) is 6.71. The first-order valence-corrected chi connectivity index (χ1v) is 12.8. The molecule has 0 bridgehead atoms. The third-order valence-electron chi connectivity index (χ3n) is 5.38. The van der Waals surface area contributed by atoms with Crippen LogP contribution in [0.3, 0.4) is 0 Å². The molecule has 0 aliphatic carbocycles. The van der Waals surface area contributed by atoms with Crippen LogP contribution in [0, 0.1) is 6.92 Å². The maximum Gasteiger partial charge on any atom is 0.296 e. The van der Waals surface area contributed by atoms with Crippen molar-refractivity contribution in [1.29, 1.82) is 0 Å². The Kier molecular flexibility index (Phi) is 11.7. The summed E-state index contributed by atoms with van der Waals surface area (Å²) in [5.41, 5.74) is 2.38. The molecule has 0 atom stereocenters. The molecular weight excluding hydrogens is 394 g/mol. The van der Waals surface area contributed by atoms with Crippen LogP contribution < -0.4 is 0 Å². The van der Waals surface area contributed by atoms with Gasteiger partial charge in [-0.25, -0.2) is 0 Å². The van der Waals surface area contributed by atoms with Gasteiger partial charge in [0.1, 0.15) is 0 Å². The number of rotatable bonds is 16. The van der Waals surface area contributed by atoms with E-state index >= 15 is 0 Å². The SMILES string of the molecule is Cc1ccc(S(=O)(=O)OCCCCCCCCCCCCCc2cccnc2)cc1. The Bertz CT molecular complexity index is 789. The molecule has 2 aromatic rings. The van der Waals surface area contributed by atoms with Gasteiger partial charge in [-0.15, -0.1) is 0 Å². The summed E-state index contributed by atoms with van der Waals surface area (Å²) in [4.78, 5) is 4.40. The van der Waals surface area contributed by atoms with Gasteiger partial charge >= 0.3 is 0 Å². The van der Waals surface area contributed by atoms with E-state index in [1.807, 2.05) is 25.4 Å². The van der Waals surface area contributed by atoms with Crippen LogP contribution in [0.25, 0.3) is 0 Å². The van der Waals surface area contributed by atoms with Gasteiger partial charge in [-0.3, -0.25) is 9.17 Å². The van der Waals surface area contributed by atoms with Crippen LogP contribution in [-0.4, -0.2) is 20.0 Å². The molecule has 0 radical (unpaired) electrons. The van der Waals surface area contributed by atoms with Crippen molar-refractivity contribution in [2.24, 2.45) is 0 Å². The zero-order valence-electron chi connectivity index (χ0n) is 18.4. The van der Waals surface area contributed by atoms with Crippen molar-refractivity contribution in [1.82, 2.24) is 4.98 Å². The molecule has 1 aromatic heterocycles. The molecule has 0 N–H and O–H groups in total.